The van der Waals surface area contributed by atoms with Gasteiger partial charge >= 0.3 is 0 Å². The van der Waals surface area contributed by atoms with Crippen LogP contribution in [0.1, 0.15) is 34.8 Å². The van der Waals surface area contributed by atoms with Gasteiger partial charge in [0.1, 0.15) is 11.4 Å². The zero-order valence-electron chi connectivity index (χ0n) is 17.6. The summed E-state index contributed by atoms with van der Waals surface area (Å²) < 4.78 is 13.3. The minimum atomic E-state index is -0.574. The molecule has 3 aromatic rings. The first kappa shape index (κ1) is 20.0. The Morgan fingerprint density at radius 3 is 2.94 bits per heavy atom. The molecule has 1 aromatic carbocycles. The van der Waals surface area contributed by atoms with Crippen LogP contribution in [0.5, 0.6) is 5.75 Å². The highest BCUT2D eigenvalue weighted by molar-refractivity contribution is 6.03. The molecule has 0 spiro atoms. The normalized spacial score (nSPS) is 21.0. The number of hydrogen-bond acceptors (Lipinski definition) is 7. The minimum Gasteiger partial charge on any atom is -0.485 e. The summed E-state index contributed by atoms with van der Waals surface area (Å²) >= 11 is 0. The van der Waals surface area contributed by atoms with Crippen molar-refractivity contribution in [2.75, 3.05) is 37.8 Å². The number of anilines is 1. The maximum atomic E-state index is 13.2. The van der Waals surface area contributed by atoms with E-state index in [1.807, 2.05) is 13.0 Å². The number of nitrogens with zero attached hydrogens (tertiary/aromatic N) is 4. The number of benzene rings is 1. The third-order valence-corrected chi connectivity index (χ3v) is 6.16. The van der Waals surface area contributed by atoms with Crippen molar-refractivity contribution in [1.82, 2.24) is 14.6 Å². The summed E-state index contributed by atoms with van der Waals surface area (Å²) in [5.41, 5.74) is 3.55. The third kappa shape index (κ3) is 3.77. The van der Waals surface area contributed by atoms with Gasteiger partial charge in [0.25, 0.3) is 0 Å². The van der Waals surface area contributed by atoms with Crippen LogP contribution in [0, 0.1) is 0 Å². The lowest BCUT2D eigenvalue weighted by molar-refractivity contribution is 0.00807. The predicted octanol–water partition coefficient (Wildman–Crippen LogP) is 2.07. The van der Waals surface area contributed by atoms with Crippen LogP contribution in [-0.2, 0) is 17.6 Å². The van der Waals surface area contributed by atoms with Gasteiger partial charge in [0.15, 0.2) is 11.4 Å². The van der Waals surface area contributed by atoms with Crippen molar-refractivity contribution in [1.29, 1.82) is 0 Å². The molecule has 0 aliphatic carbocycles. The molecule has 162 valence electrons. The topological polar surface area (TPSA) is 89.2 Å². The lowest BCUT2D eigenvalue weighted by Gasteiger charge is -2.37. The molecule has 2 aliphatic rings. The number of Topliss-reactive ketones (excluding diaryl/α,β-unsaturated/α-hetero) is 1. The molecule has 0 amide bonds. The largest absolute Gasteiger partial charge is 0.485 e. The van der Waals surface area contributed by atoms with Crippen molar-refractivity contribution in [3.05, 3.63) is 53.5 Å². The molecule has 2 aromatic heterocycles. The highest BCUT2D eigenvalue weighted by atomic mass is 16.5. The Hall–Kier alpha value is -2.97. The Morgan fingerprint density at radius 1 is 1.29 bits per heavy atom. The average Bonchev–Trinajstić information content (AvgIpc) is 3.24. The number of carbonyl (C=O) groups excluding carboxylic acids is 1. The predicted molar refractivity (Wildman–Crippen MR) is 115 cm³/mol. The van der Waals surface area contributed by atoms with Crippen LogP contribution in [0.2, 0.25) is 0 Å². The molecular weight excluding hydrogens is 396 g/mol. The summed E-state index contributed by atoms with van der Waals surface area (Å²) in [6.45, 7) is 4.72. The molecule has 1 N–H and O–H groups in total. The summed E-state index contributed by atoms with van der Waals surface area (Å²) in [7, 11) is 0. The van der Waals surface area contributed by atoms with Crippen molar-refractivity contribution >= 4 is 17.1 Å². The molecule has 5 rings (SSSR count). The Kier molecular flexibility index (Phi) is 5.11. The second-order valence-corrected chi connectivity index (χ2v) is 8.44. The maximum Gasteiger partial charge on any atom is 0.172 e. The van der Waals surface area contributed by atoms with Gasteiger partial charge < -0.3 is 19.5 Å². The third-order valence-electron chi connectivity index (χ3n) is 6.16. The van der Waals surface area contributed by atoms with Crippen LogP contribution in [0.25, 0.3) is 5.65 Å². The summed E-state index contributed by atoms with van der Waals surface area (Å²) in [6.07, 6.45) is 6.84. The Balaban J connectivity index is 1.51. The molecule has 1 saturated heterocycles. The number of hydrogen-bond donors (Lipinski definition) is 1. The van der Waals surface area contributed by atoms with E-state index in [4.69, 9.17) is 9.47 Å². The van der Waals surface area contributed by atoms with Gasteiger partial charge in [0.05, 0.1) is 31.6 Å². The molecule has 31 heavy (non-hydrogen) atoms. The summed E-state index contributed by atoms with van der Waals surface area (Å²) in [5, 5.41) is 14.0. The number of morpholine rings is 1. The van der Waals surface area contributed by atoms with E-state index in [2.05, 4.69) is 21.0 Å². The maximum absolute atomic E-state index is 13.2. The number of ether oxygens (including phenoxy) is 2. The number of aliphatic hydroxyl groups is 1. The second kappa shape index (κ2) is 7.94. The first-order valence-electron chi connectivity index (χ1n) is 10.7. The van der Waals surface area contributed by atoms with Crippen molar-refractivity contribution < 1.29 is 19.4 Å². The minimum absolute atomic E-state index is 0.0138. The highest BCUT2D eigenvalue weighted by Crippen LogP contribution is 2.38. The van der Waals surface area contributed by atoms with Crippen molar-refractivity contribution in [2.24, 2.45) is 0 Å². The number of rotatable bonds is 5. The zero-order valence-corrected chi connectivity index (χ0v) is 17.6. The van der Waals surface area contributed by atoms with E-state index < -0.39 is 5.60 Å². The van der Waals surface area contributed by atoms with Crippen LogP contribution < -0.4 is 9.64 Å². The summed E-state index contributed by atoms with van der Waals surface area (Å²) in [5.74, 6) is 0.776. The van der Waals surface area contributed by atoms with Gasteiger partial charge in [-0.05, 0) is 43.0 Å². The molecule has 8 nitrogen and oxygen atoms in total. The monoisotopic (exact) mass is 422 g/mol. The Bertz CT molecular complexity index is 1120. The fraction of sp³-hybridized carbons (Fsp3) is 0.435. The average molecular weight is 422 g/mol. The molecule has 1 atom stereocenters. The van der Waals surface area contributed by atoms with Crippen LogP contribution in [0.4, 0.5) is 5.69 Å². The lowest BCUT2D eigenvalue weighted by atomic mass is 9.90. The Labute approximate surface area is 180 Å². The standard InChI is InChI=1S/C23H26N4O4/c1-23(15-28)4-3-16-11-17(19(13-21(16)31-23)26-7-9-30-10-8-26)12-20(29)18-14-25-27-6-2-5-24-22(18)27/h2,5-6,11,13-14,28H,3-4,7-10,12,15H2,1H3/t23-/m0/s1. The first-order valence-corrected chi connectivity index (χ1v) is 10.7. The summed E-state index contributed by atoms with van der Waals surface area (Å²) in [4.78, 5) is 19.8. The smallest absolute Gasteiger partial charge is 0.172 e. The van der Waals surface area contributed by atoms with Crippen LogP contribution in [0.15, 0.2) is 36.8 Å². The van der Waals surface area contributed by atoms with Gasteiger partial charge in [-0.15, -0.1) is 0 Å². The molecule has 4 heterocycles. The molecule has 8 heteroatoms. The van der Waals surface area contributed by atoms with Gasteiger partial charge in [-0.3, -0.25) is 4.79 Å². The van der Waals surface area contributed by atoms with E-state index in [0.29, 0.717) is 24.4 Å². The quantitative estimate of drug-likeness (QED) is 0.630. The van der Waals surface area contributed by atoms with Crippen LogP contribution >= 0.6 is 0 Å². The molecule has 0 unspecified atom stereocenters. The fourth-order valence-corrected chi connectivity index (χ4v) is 4.31. The van der Waals surface area contributed by atoms with E-state index in [-0.39, 0.29) is 18.8 Å². The number of ketones is 1. The van der Waals surface area contributed by atoms with Gasteiger partial charge in [-0.2, -0.15) is 5.10 Å². The molecule has 0 bridgehead atoms. The summed E-state index contributed by atoms with van der Waals surface area (Å²) in [6, 6.07) is 5.91. The van der Waals surface area contributed by atoms with Gasteiger partial charge in [-0.1, -0.05) is 0 Å². The first-order chi connectivity index (χ1) is 15.1. The molecule has 0 saturated carbocycles. The lowest BCUT2D eigenvalue weighted by Crippen LogP contribution is -2.40. The molecule has 2 aliphatic heterocycles. The number of aliphatic hydroxyl groups excluding tert-OH is 1. The van der Waals surface area contributed by atoms with E-state index in [0.717, 1.165) is 48.5 Å². The number of aromatic nitrogens is 3. The second-order valence-electron chi connectivity index (χ2n) is 8.44. The molecular formula is C23H26N4O4. The molecule has 1 fully saturated rings. The zero-order chi connectivity index (χ0) is 21.4. The number of fused-ring (bicyclic) bond motifs is 2. The van der Waals surface area contributed by atoms with Crippen LogP contribution in [0.3, 0.4) is 0 Å². The van der Waals surface area contributed by atoms with E-state index in [9.17, 15) is 9.90 Å². The van der Waals surface area contributed by atoms with Crippen molar-refractivity contribution in [3.8, 4) is 5.75 Å². The van der Waals surface area contributed by atoms with Gasteiger partial charge in [-0.25, -0.2) is 9.50 Å². The Morgan fingerprint density at radius 2 is 2.13 bits per heavy atom. The van der Waals surface area contributed by atoms with E-state index in [1.165, 1.54) is 0 Å². The fourth-order valence-electron chi connectivity index (χ4n) is 4.31. The van der Waals surface area contributed by atoms with Gasteiger partial charge in [0.2, 0.25) is 0 Å². The number of aryl methyl sites for hydroxylation is 1. The van der Waals surface area contributed by atoms with Crippen molar-refractivity contribution in [3.63, 3.8) is 0 Å². The SMILES string of the molecule is C[C@@]1(CO)CCc2cc(CC(=O)c3cnn4cccnc34)c(N3CCOCC3)cc2O1. The van der Waals surface area contributed by atoms with Crippen molar-refractivity contribution in [2.45, 2.75) is 31.8 Å². The molecule has 0 radical (unpaired) electrons. The van der Waals surface area contributed by atoms with E-state index in [1.54, 1.807) is 29.2 Å². The van der Waals surface area contributed by atoms with Gasteiger partial charge in [0, 0.05) is 43.7 Å². The highest BCUT2D eigenvalue weighted by Gasteiger charge is 2.32. The number of carbonyl (C=O) groups is 1. The van der Waals surface area contributed by atoms with Crippen LogP contribution in [-0.4, -0.2) is 64.0 Å². The van der Waals surface area contributed by atoms with E-state index >= 15 is 0 Å².